The zero-order chi connectivity index (χ0) is 19.1. The van der Waals surface area contributed by atoms with Crippen molar-refractivity contribution in [2.75, 3.05) is 6.61 Å². The van der Waals surface area contributed by atoms with Crippen molar-refractivity contribution >= 4 is 29.2 Å². The van der Waals surface area contributed by atoms with Gasteiger partial charge in [0.25, 0.3) is 0 Å². The van der Waals surface area contributed by atoms with Gasteiger partial charge in [-0.15, -0.1) is 10.2 Å². The number of hydrogen-bond donors (Lipinski definition) is 7. The summed E-state index contributed by atoms with van der Waals surface area (Å²) in [5, 5.41) is 39.7. The molecule has 0 spiro atoms. The average molecular weight is 376 g/mol. The number of carboxylic acid groups (broad SMARTS) is 1. The topological polar surface area (TPSA) is 214 Å². The minimum Gasteiger partial charge on any atom is -0.480 e. The van der Waals surface area contributed by atoms with Gasteiger partial charge in [0.05, 0.1) is 31.2 Å². The fourth-order valence-electron chi connectivity index (χ4n) is 1.67. The molecule has 25 heavy (non-hydrogen) atoms. The Kier molecular flexibility index (Phi) is 7.63. The molecule has 0 fully saturated rings. The molecule has 0 saturated carbocycles. The van der Waals surface area contributed by atoms with Crippen LogP contribution in [0.5, 0.6) is 0 Å². The van der Waals surface area contributed by atoms with Crippen molar-refractivity contribution in [1.29, 1.82) is 0 Å². The van der Waals surface area contributed by atoms with Crippen LogP contribution in [-0.4, -0.2) is 62.2 Å². The van der Waals surface area contributed by atoms with E-state index < -0.39 is 48.7 Å². The lowest BCUT2D eigenvalue weighted by atomic mass is 10.2. The second-order valence-electron chi connectivity index (χ2n) is 5.16. The molecule has 1 aromatic rings. The maximum absolute atomic E-state index is 11.9. The normalized spacial score (nSPS) is 15.7. The van der Waals surface area contributed by atoms with E-state index in [-0.39, 0.29) is 11.4 Å². The Balaban J connectivity index is 2.89. The van der Waals surface area contributed by atoms with Gasteiger partial charge in [-0.05, 0) is 6.92 Å². The van der Waals surface area contributed by atoms with Crippen LogP contribution in [-0.2, 0) is 9.59 Å². The van der Waals surface area contributed by atoms with Gasteiger partial charge in [0.2, 0.25) is 5.91 Å². The molecule has 4 atom stereocenters. The van der Waals surface area contributed by atoms with Crippen LogP contribution in [0.2, 0.25) is 0 Å². The number of hydrogen-bond acceptors (Lipinski definition) is 9. The molecule has 0 bridgehead atoms. The highest BCUT2D eigenvalue weighted by Crippen LogP contribution is 2.25. The van der Waals surface area contributed by atoms with Crippen LogP contribution in [0.15, 0.2) is 0 Å². The highest BCUT2D eigenvalue weighted by molar-refractivity contribution is 7.11. The number of carbonyl (C=O) groups is 3. The third-order valence-electron chi connectivity index (χ3n) is 3.06. The number of aromatic nitrogens is 2. The van der Waals surface area contributed by atoms with E-state index in [1.54, 1.807) is 0 Å². The number of nitrogens with zero attached hydrogens (tertiary/aromatic N) is 2. The Morgan fingerprint density at radius 1 is 1.24 bits per heavy atom. The molecular weight excluding hydrogens is 356 g/mol. The van der Waals surface area contributed by atoms with Crippen LogP contribution < -0.4 is 22.1 Å². The fourth-order valence-corrected chi connectivity index (χ4v) is 2.67. The molecule has 1 aromatic heterocycles. The van der Waals surface area contributed by atoms with E-state index in [4.69, 9.17) is 21.7 Å². The summed E-state index contributed by atoms with van der Waals surface area (Å²) in [7, 11) is 0. The van der Waals surface area contributed by atoms with E-state index in [0.717, 1.165) is 11.3 Å². The highest BCUT2D eigenvalue weighted by Gasteiger charge is 2.26. The fraction of sp³-hybridized carbons (Fsp3) is 0.583. The standard InChI is InChI=1S/C12H20N6O6S/c1-4(20)8(14)10-18-17-9(25-10)5(2-7(13)21)15-12(24)16-6(3-19)11(22)23/h4-6,8,19-20H,2-3,14H2,1H3,(H2,13,21)(H,22,23)(H2,15,16,24)/t4?,5-,6-,8-/m0/s1. The number of aliphatic carboxylic acids is 1. The summed E-state index contributed by atoms with van der Waals surface area (Å²) < 4.78 is 0. The minimum absolute atomic E-state index is 0.205. The van der Waals surface area contributed by atoms with Crippen LogP contribution >= 0.6 is 11.3 Å². The van der Waals surface area contributed by atoms with Gasteiger partial charge in [-0.25, -0.2) is 9.59 Å². The molecule has 0 aromatic carbocycles. The third kappa shape index (κ3) is 6.22. The Hall–Kier alpha value is -2.35. The zero-order valence-corrected chi connectivity index (χ0v) is 14.1. The molecule has 1 unspecified atom stereocenters. The smallest absolute Gasteiger partial charge is 0.328 e. The number of aliphatic hydroxyl groups is 2. The monoisotopic (exact) mass is 376 g/mol. The molecule has 3 amide bonds. The van der Waals surface area contributed by atoms with E-state index in [1.165, 1.54) is 6.92 Å². The van der Waals surface area contributed by atoms with Gasteiger partial charge in [0, 0.05) is 0 Å². The summed E-state index contributed by atoms with van der Waals surface area (Å²) in [6.07, 6.45) is -1.20. The first-order valence-electron chi connectivity index (χ1n) is 7.11. The molecule has 0 radical (unpaired) electrons. The van der Waals surface area contributed by atoms with E-state index in [1.807, 2.05) is 5.32 Å². The Labute approximate surface area is 146 Å². The molecule has 0 aliphatic heterocycles. The predicted octanol–water partition coefficient (Wildman–Crippen LogP) is -2.42. The maximum atomic E-state index is 11.9. The molecule has 12 nitrogen and oxygen atoms in total. The average Bonchev–Trinajstić information content (AvgIpc) is 3.00. The number of urea groups is 1. The molecule has 9 N–H and O–H groups in total. The summed E-state index contributed by atoms with van der Waals surface area (Å²) in [5.74, 6) is -2.16. The van der Waals surface area contributed by atoms with Crippen molar-refractivity contribution in [1.82, 2.24) is 20.8 Å². The van der Waals surface area contributed by atoms with Gasteiger partial charge in [-0.2, -0.15) is 0 Å². The van der Waals surface area contributed by atoms with E-state index in [9.17, 15) is 19.5 Å². The van der Waals surface area contributed by atoms with E-state index >= 15 is 0 Å². The first kappa shape index (κ1) is 20.7. The van der Waals surface area contributed by atoms with Gasteiger partial charge in [0.15, 0.2) is 6.04 Å². The molecule has 1 heterocycles. The number of amides is 3. The van der Waals surface area contributed by atoms with Crippen LogP contribution in [0.1, 0.15) is 35.4 Å². The van der Waals surface area contributed by atoms with Crippen LogP contribution in [0.3, 0.4) is 0 Å². The molecule has 0 aliphatic rings. The predicted molar refractivity (Wildman–Crippen MR) is 85.2 cm³/mol. The van der Waals surface area contributed by atoms with Crippen molar-refractivity contribution in [2.24, 2.45) is 11.5 Å². The van der Waals surface area contributed by atoms with Crippen molar-refractivity contribution in [3.05, 3.63) is 10.0 Å². The van der Waals surface area contributed by atoms with Gasteiger partial charge in [-0.1, -0.05) is 11.3 Å². The minimum atomic E-state index is -1.51. The summed E-state index contributed by atoms with van der Waals surface area (Å²) >= 11 is 0.969. The molecule has 140 valence electrons. The lowest BCUT2D eigenvalue weighted by Crippen LogP contribution is -2.49. The van der Waals surface area contributed by atoms with E-state index in [2.05, 4.69) is 15.5 Å². The first-order chi connectivity index (χ1) is 11.6. The number of nitrogens with two attached hydrogens (primary N) is 2. The zero-order valence-electron chi connectivity index (χ0n) is 13.2. The number of primary amides is 1. The quantitative estimate of drug-likeness (QED) is 0.244. The molecular formula is C12H20N6O6S. The summed E-state index contributed by atoms with van der Waals surface area (Å²) in [6.45, 7) is 0.661. The second kappa shape index (κ2) is 9.22. The maximum Gasteiger partial charge on any atom is 0.328 e. The Bertz CT molecular complexity index is 623. The molecule has 13 heteroatoms. The largest absolute Gasteiger partial charge is 0.480 e. The molecule has 0 aliphatic carbocycles. The van der Waals surface area contributed by atoms with Crippen molar-refractivity contribution in [3.63, 3.8) is 0 Å². The van der Waals surface area contributed by atoms with Crippen LogP contribution in [0, 0.1) is 0 Å². The number of aliphatic hydroxyl groups excluding tert-OH is 2. The lowest BCUT2D eigenvalue weighted by Gasteiger charge is -2.17. The Morgan fingerprint density at radius 2 is 1.84 bits per heavy atom. The van der Waals surface area contributed by atoms with Gasteiger partial charge >= 0.3 is 12.0 Å². The van der Waals surface area contributed by atoms with Crippen molar-refractivity contribution < 1.29 is 29.7 Å². The second-order valence-corrected chi connectivity index (χ2v) is 6.20. The highest BCUT2D eigenvalue weighted by atomic mass is 32.1. The SMILES string of the molecule is CC(O)[C@H](N)c1nnc([C@H](CC(N)=O)NC(=O)N[C@@H](CO)C(=O)O)s1. The van der Waals surface area contributed by atoms with Gasteiger partial charge in [0.1, 0.15) is 10.0 Å². The Morgan fingerprint density at radius 3 is 2.32 bits per heavy atom. The van der Waals surface area contributed by atoms with Crippen LogP contribution in [0.4, 0.5) is 4.79 Å². The van der Waals surface area contributed by atoms with Gasteiger partial charge < -0.3 is 37.4 Å². The van der Waals surface area contributed by atoms with Gasteiger partial charge in [-0.3, -0.25) is 4.79 Å². The number of carboxylic acids is 1. The summed E-state index contributed by atoms with van der Waals surface area (Å²) in [6, 6.07) is -4.22. The van der Waals surface area contributed by atoms with Crippen molar-refractivity contribution in [3.8, 4) is 0 Å². The molecule has 1 rings (SSSR count). The number of nitrogens with one attached hydrogen (secondary N) is 2. The summed E-state index contributed by atoms with van der Waals surface area (Å²) in [5.41, 5.74) is 10.9. The third-order valence-corrected chi connectivity index (χ3v) is 4.19. The first-order valence-corrected chi connectivity index (χ1v) is 7.93. The van der Waals surface area contributed by atoms with Crippen LogP contribution in [0.25, 0.3) is 0 Å². The lowest BCUT2D eigenvalue weighted by molar-refractivity contribution is -0.140. The van der Waals surface area contributed by atoms with E-state index in [0.29, 0.717) is 5.01 Å². The number of rotatable bonds is 9. The summed E-state index contributed by atoms with van der Waals surface area (Å²) in [4.78, 5) is 33.9. The number of carbonyl (C=O) groups excluding carboxylic acids is 2. The van der Waals surface area contributed by atoms with Crippen molar-refractivity contribution in [2.45, 2.75) is 37.6 Å². The molecule has 0 saturated heterocycles.